The molecule has 0 aliphatic rings. The molecule has 1 unspecified atom stereocenters. The zero-order chi connectivity index (χ0) is 24.8. The SMILES string of the molecule is CC(NC(=O)CN(C)C(=O)/C=C\C=O)C(=O)NCC(=O)Nc1cccc(CCN(C)C=O)c1. The van der Waals surface area contributed by atoms with Crippen molar-refractivity contribution in [3.63, 3.8) is 0 Å². The van der Waals surface area contributed by atoms with Crippen LogP contribution in [-0.2, 0) is 35.2 Å². The van der Waals surface area contributed by atoms with Crippen molar-refractivity contribution in [3.8, 4) is 0 Å². The minimum Gasteiger partial charge on any atom is -0.348 e. The molecule has 0 spiro atoms. The lowest BCUT2D eigenvalue weighted by Crippen LogP contribution is -2.49. The van der Waals surface area contributed by atoms with Crippen LogP contribution in [0.3, 0.4) is 0 Å². The average molecular weight is 460 g/mol. The molecule has 1 aromatic rings. The summed E-state index contributed by atoms with van der Waals surface area (Å²) in [5, 5.41) is 7.54. The lowest BCUT2D eigenvalue weighted by Gasteiger charge is -2.18. The third kappa shape index (κ3) is 10.7. The standard InChI is InChI=1S/C22H29N5O6/c1-16(24-20(31)14-27(3)21(32)8-5-11-28)22(33)23-13-19(30)25-18-7-4-6-17(12-18)9-10-26(2)15-29/h4-8,11-12,15-16H,9-10,13-14H2,1-3H3,(H,23,33)(H,24,31)(H,25,30)/b8-5-. The van der Waals surface area contributed by atoms with Gasteiger partial charge in [-0.05, 0) is 37.1 Å². The van der Waals surface area contributed by atoms with Crippen LogP contribution in [0.4, 0.5) is 5.69 Å². The third-order valence-corrected chi connectivity index (χ3v) is 4.41. The van der Waals surface area contributed by atoms with Gasteiger partial charge in [0.05, 0.1) is 13.1 Å². The first-order valence-electron chi connectivity index (χ1n) is 10.1. The molecule has 0 aliphatic carbocycles. The van der Waals surface area contributed by atoms with Crippen molar-refractivity contribution < 1.29 is 28.8 Å². The summed E-state index contributed by atoms with van der Waals surface area (Å²) in [7, 11) is 3.05. The predicted molar refractivity (Wildman–Crippen MR) is 121 cm³/mol. The Morgan fingerprint density at radius 1 is 1.09 bits per heavy atom. The number of nitrogens with zero attached hydrogens (tertiary/aromatic N) is 2. The van der Waals surface area contributed by atoms with Crippen LogP contribution in [0.2, 0.25) is 0 Å². The minimum atomic E-state index is -0.933. The van der Waals surface area contributed by atoms with Gasteiger partial charge in [-0.25, -0.2) is 0 Å². The number of rotatable bonds is 13. The Morgan fingerprint density at radius 3 is 2.48 bits per heavy atom. The highest BCUT2D eigenvalue weighted by Crippen LogP contribution is 2.11. The number of carbonyl (C=O) groups is 6. The second-order valence-corrected chi connectivity index (χ2v) is 7.28. The van der Waals surface area contributed by atoms with Gasteiger partial charge in [0.25, 0.3) is 0 Å². The molecule has 0 aliphatic heterocycles. The highest BCUT2D eigenvalue weighted by molar-refractivity contribution is 5.97. The Hall–Kier alpha value is -4.02. The summed E-state index contributed by atoms with van der Waals surface area (Å²) in [6.07, 6.45) is 3.85. The van der Waals surface area contributed by atoms with Crippen molar-refractivity contribution >= 4 is 42.0 Å². The number of benzene rings is 1. The number of allylic oxidation sites excluding steroid dienone is 1. The Bertz CT molecular complexity index is 901. The van der Waals surface area contributed by atoms with Crippen molar-refractivity contribution in [1.29, 1.82) is 0 Å². The maximum Gasteiger partial charge on any atom is 0.246 e. The van der Waals surface area contributed by atoms with E-state index in [9.17, 15) is 28.8 Å². The molecule has 5 amide bonds. The van der Waals surface area contributed by atoms with Gasteiger partial charge in [0, 0.05) is 32.4 Å². The van der Waals surface area contributed by atoms with Gasteiger partial charge in [0.15, 0.2) is 0 Å². The van der Waals surface area contributed by atoms with Crippen LogP contribution in [-0.4, -0.2) is 85.9 Å². The maximum absolute atomic E-state index is 12.2. The largest absolute Gasteiger partial charge is 0.348 e. The molecule has 0 radical (unpaired) electrons. The first kappa shape index (κ1) is 27.0. The van der Waals surface area contributed by atoms with E-state index in [1.165, 1.54) is 18.9 Å². The number of hydrogen-bond acceptors (Lipinski definition) is 6. The summed E-state index contributed by atoms with van der Waals surface area (Å²) < 4.78 is 0. The summed E-state index contributed by atoms with van der Waals surface area (Å²) in [4.78, 5) is 71.4. The Morgan fingerprint density at radius 2 is 1.82 bits per heavy atom. The van der Waals surface area contributed by atoms with Crippen LogP contribution >= 0.6 is 0 Å². The first-order valence-corrected chi connectivity index (χ1v) is 10.1. The van der Waals surface area contributed by atoms with E-state index >= 15 is 0 Å². The normalized spacial score (nSPS) is 11.2. The second kappa shape index (κ2) is 14.1. The topological polar surface area (TPSA) is 145 Å². The number of aldehydes is 1. The van der Waals surface area contributed by atoms with Gasteiger partial charge in [-0.15, -0.1) is 0 Å². The molecular weight excluding hydrogens is 430 g/mol. The van der Waals surface area contributed by atoms with Gasteiger partial charge >= 0.3 is 0 Å². The van der Waals surface area contributed by atoms with Crippen molar-refractivity contribution in [3.05, 3.63) is 42.0 Å². The summed E-state index contributed by atoms with van der Waals surface area (Å²) in [6, 6.07) is 6.21. The quantitative estimate of drug-likeness (QED) is 0.257. The van der Waals surface area contributed by atoms with Gasteiger partial charge in [-0.2, -0.15) is 0 Å². The van der Waals surface area contributed by atoms with E-state index in [0.29, 0.717) is 24.9 Å². The summed E-state index contributed by atoms with van der Waals surface area (Å²) in [5.74, 6) is -2.13. The molecule has 0 fully saturated rings. The summed E-state index contributed by atoms with van der Waals surface area (Å²) >= 11 is 0. The molecule has 1 rings (SSSR count). The van der Waals surface area contributed by atoms with Gasteiger partial charge in [0.1, 0.15) is 12.3 Å². The number of hydrogen-bond donors (Lipinski definition) is 3. The molecule has 1 aromatic carbocycles. The van der Waals surface area contributed by atoms with Gasteiger partial charge in [-0.1, -0.05) is 12.1 Å². The summed E-state index contributed by atoms with van der Waals surface area (Å²) in [5.41, 5.74) is 1.49. The predicted octanol–water partition coefficient (Wildman–Crippen LogP) is -0.910. The first-order chi connectivity index (χ1) is 15.7. The lowest BCUT2D eigenvalue weighted by atomic mass is 10.1. The van der Waals surface area contributed by atoms with E-state index < -0.39 is 29.7 Å². The number of anilines is 1. The van der Waals surface area contributed by atoms with Gasteiger partial charge in [0.2, 0.25) is 30.0 Å². The van der Waals surface area contributed by atoms with Crippen molar-refractivity contribution in [2.24, 2.45) is 0 Å². The van der Waals surface area contributed by atoms with Crippen LogP contribution in [0.5, 0.6) is 0 Å². The average Bonchev–Trinajstić information content (AvgIpc) is 2.79. The fourth-order valence-electron chi connectivity index (χ4n) is 2.58. The number of nitrogens with one attached hydrogen (secondary N) is 3. The highest BCUT2D eigenvalue weighted by atomic mass is 16.2. The second-order valence-electron chi connectivity index (χ2n) is 7.28. The number of carbonyl (C=O) groups excluding carboxylic acids is 6. The van der Waals surface area contributed by atoms with E-state index in [1.54, 1.807) is 25.2 Å². The molecule has 0 aromatic heterocycles. The summed E-state index contributed by atoms with van der Waals surface area (Å²) in [6.45, 7) is 1.38. The Kier molecular flexibility index (Phi) is 11.6. The minimum absolute atomic E-state index is 0.300. The fraction of sp³-hybridized carbons (Fsp3) is 0.364. The molecular formula is C22H29N5O6. The van der Waals surface area contributed by atoms with Crippen molar-refractivity contribution in [2.45, 2.75) is 19.4 Å². The van der Waals surface area contributed by atoms with E-state index in [-0.39, 0.29) is 13.1 Å². The van der Waals surface area contributed by atoms with E-state index in [1.807, 2.05) is 6.07 Å². The number of amides is 5. The molecule has 1 atom stereocenters. The molecule has 178 valence electrons. The molecule has 0 saturated carbocycles. The molecule has 11 heteroatoms. The molecule has 0 bridgehead atoms. The van der Waals surface area contributed by atoms with Gasteiger partial charge < -0.3 is 25.8 Å². The molecule has 3 N–H and O–H groups in total. The monoisotopic (exact) mass is 459 g/mol. The lowest BCUT2D eigenvalue weighted by molar-refractivity contribution is -0.133. The maximum atomic E-state index is 12.2. The van der Waals surface area contributed by atoms with Crippen LogP contribution in [0, 0.1) is 0 Å². The Labute approximate surface area is 192 Å². The van der Waals surface area contributed by atoms with Crippen LogP contribution < -0.4 is 16.0 Å². The van der Waals surface area contributed by atoms with E-state index in [4.69, 9.17) is 0 Å². The smallest absolute Gasteiger partial charge is 0.246 e. The highest BCUT2D eigenvalue weighted by Gasteiger charge is 2.18. The van der Waals surface area contributed by atoms with Crippen LogP contribution in [0.15, 0.2) is 36.4 Å². The molecule has 33 heavy (non-hydrogen) atoms. The van der Waals surface area contributed by atoms with Gasteiger partial charge in [-0.3, -0.25) is 28.8 Å². The molecule has 0 heterocycles. The van der Waals surface area contributed by atoms with Crippen molar-refractivity contribution in [2.75, 3.05) is 39.0 Å². The molecule has 0 saturated heterocycles. The fourth-order valence-corrected chi connectivity index (χ4v) is 2.58. The number of likely N-dealkylation sites (N-methyl/N-ethyl adjacent to an activating group) is 2. The zero-order valence-corrected chi connectivity index (χ0v) is 18.9. The van der Waals surface area contributed by atoms with Crippen molar-refractivity contribution in [1.82, 2.24) is 20.4 Å². The van der Waals surface area contributed by atoms with E-state index in [0.717, 1.165) is 29.0 Å². The molecule has 11 nitrogen and oxygen atoms in total. The van der Waals surface area contributed by atoms with Crippen LogP contribution in [0.1, 0.15) is 12.5 Å². The van der Waals surface area contributed by atoms with E-state index in [2.05, 4.69) is 16.0 Å². The third-order valence-electron chi connectivity index (χ3n) is 4.41. The Balaban J connectivity index is 2.45. The zero-order valence-electron chi connectivity index (χ0n) is 18.9. The van der Waals surface area contributed by atoms with Crippen LogP contribution in [0.25, 0.3) is 0 Å².